The second-order valence-electron chi connectivity index (χ2n) is 10.0. The number of hydrogen-bond acceptors (Lipinski definition) is 8. The van der Waals surface area contributed by atoms with Gasteiger partial charge in [-0.15, -0.1) is 0 Å². The van der Waals surface area contributed by atoms with Crippen LogP contribution in [0.15, 0.2) is 18.7 Å². The minimum atomic E-state index is -0.767. The van der Waals surface area contributed by atoms with Crippen LogP contribution >= 0.6 is 12.2 Å². The summed E-state index contributed by atoms with van der Waals surface area (Å²) in [5.74, 6) is -1.79. The number of amides is 2. The van der Waals surface area contributed by atoms with E-state index in [1.807, 2.05) is 13.8 Å². The van der Waals surface area contributed by atoms with Crippen molar-refractivity contribution in [1.82, 2.24) is 20.2 Å². The molecule has 1 saturated carbocycles. The first-order chi connectivity index (χ1) is 16.9. The average Bonchev–Trinajstić information content (AvgIpc) is 3.41. The van der Waals surface area contributed by atoms with E-state index in [9.17, 15) is 14.4 Å². The van der Waals surface area contributed by atoms with Crippen LogP contribution in [-0.4, -0.2) is 63.1 Å². The normalized spacial score (nSPS) is 22.6. The van der Waals surface area contributed by atoms with Crippen LogP contribution in [0.2, 0.25) is 0 Å². The van der Waals surface area contributed by atoms with Crippen molar-refractivity contribution in [2.45, 2.75) is 91.5 Å². The first-order valence-corrected chi connectivity index (χ1v) is 12.9. The largest absolute Gasteiger partial charge is 0.466 e. The maximum atomic E-state index is 13.1. The molecule has 5 atom stereocenters. The van der Waals surface area contributed by atoms with Gasteiger partial charge in [0.15, 0.2) is 0 Å². The summed E-state index contributed by atoms with van der Waals surface area (Å²) in [5.41, 5.74) is -0.704. The lowest BCUT2D eigenvalue weighted by atomic mass is 9.80. The van der Waals surface area contributed by atoms with E-state index in [0.717, 1.165) is 12.8 Å². The second kappa shape index (κ2) is 13.0. The number of thiocarbonyl (C=S) groups is 1. The SMILES string of the molecule is CCOC(=O)[C@H]1C[C@@H](NC(=O)OC(C)(C)C)[C@H]([C@@H](NC(C)=O)C(CC)CC)[C@@H]1OC(=S)n1ccnc1. The lowest BCUT2D eigenvalue weighted by molar-refractivity contribution is -0.151. The van der Waals surface area contributed by atoms with Crippen molar-refractivity contribution >= 4 is 35.4 Å². The summed E-state index contributed by atoms with van der Waals surface area (Å²) < 4.78 is 18.7. The van der Waals surface area contributed by atoms with Gasteiger partial charge >= 0.3 is 12.1 Å². The molecule has 36 heavy (non-hydrogen) atoms. The molecule has 2 N–H and O–H groups in total. The molecule has 2 rings (SSSR count). The Morgan fingerprint density at radius 2 is 1.86 bits per heavy atom. The molecule has 1 aromatic rings. The van der Waals surface area contributed by atoms with Crippen LogP contribution in [0.5, 0.6) is 0 Å². The summed E-state index contributed by atoms with van der Waals surface area (Å²) in [6.07, 6.45) is 5.15. The van der Waals surface area contributed by atoms with Crippen molar-refractivity contribution in [3.05, 3.63) is 18.7 Å². The van der Waals surface area contributed by atoms with Crippen LogP contribution < -0.4 is 10.6 Å². The Labute approximate surface area is 218 Å². The fraction of sp³-hybridized carbons (Fsp3) is 0.720. The molecule has 1 aliphatic carbocycles. The van der Waals surface area contributed by atoms with Gasteiger partial charge in [0.2, 0.25) is 5.91 Å². The number of carbonyl (C=O) groups excluding carboxylic acids is 3. The predicted molar refractivity (Wildman–Crippen MR) is 138 cm³/mol. The molecule has 1 fully saturated rings. The fourth-order valence-electron chi connectivity index (χ4n) is 4.88. The highest BCUT2D eigenvalue weighted by molar-refractivity contribution is 7.80. The summed E-state index contributed by atoms with van der Waals surface area (Å²) in [6.45, 7) is 12.8. The molecule has 0 aromatic carbocycles. The third-order valence-corrected chi connectivity index (χ3v) is 6.64. The first-order valence-electron chi connectivity index (χ1n) is 12.5. The van der Waals surface area contributed by atoms with E-state index in [-0.39, 0.29) is 30.0 Å². The van der Waals surface area contributed by atoms with Crippen molar-refractivity contribution in [2.75, 3.05) is 6.61 Å². The van der Waals surface area contributed by atoms with E-state index in [0.29, 0.717) is 0 Å². The van der Waals surface area contributed by atoms with Crippen LogP contribution in [0.1, 0.15) is 67.7 Å². The molecular formula is C25H40N4O6S. The van der Waals surface area contributed by atoms with Crippen LogP contribution in [0.3, 0.4) is 0 Å². The van der Waals surface area contributed by atoms with Gasteiger partial charge in [-0.25, -0.2) is 9.78 Å². The van der Waals surface area contributed by atoms with Gasteiger partial charge < -0.3 is 24.8 Å². The monoisotopic (exact) mass is 524 g/mol. The minimum Gasteiger partial charge on any atom is -0.466 e. The van der Waals surface area contributed by atoms with Gasteiger partial charge in [0.1, 0.15) is 18.0 Å². The van der Waals surface area contributed by atoms with Gasteiger partial charge in [-0.3, -0.25) is 14.2 Å². The lowest BCUT2D eigenvalue weighted by Gasteiger charge is -2.38. The number of esters is 1. The van der Waals surface area contributed by atoms with Crippen molar-refractivity contribution in [2.24, 2.45) is 17.8 Å². The number of nitrogens with one attached hydrogen (secondary N) is 2. The maximum Gasteiger partial charge on any atom is 0.407 e. The topological polar surface area (TPSA) is 121 Å². The molecule has 10 nitrogen and oxygen atoms in total. The molecule has 0 bridgehead atoms. The summed E-state index contributed by atoms with van der Waals surface area (Å²) >= 11 is 5.51. The Morgan fingerprint density at radius 1 is 1.19 bits per heavy atom. The smallest absolute Gasteiger partial charge is 0.407 e. The molecule has 0 saturated heterocycles. The van der Waals surface area contributed by atoms with Gasteiger partial charge in [-0.05, 0) is 52.3 Å². The average molecular weight is 525 g/mol. The van der Waals surface area contributed by atoms with Crippen LogP contribution in [0.25, 0.3) is 0 Å². The zero-order valence-corrected chi connectivity index (χ0v) is 23.1. The number of imidazole rings is 1. The molecule has 0 radical (unpaired) electrons. The molecule has 1 aromatic heterocycles. The number of rotatable bonds is 9. The van der Waals surface area contributed by atoms with E-state index in [1.165, 1.54) is 17.8 Å². The van der Waals surface area contributed by atoms with E-state index >= 15 is 0 Å². The van der Waals surface area contributed by atoms with Gasteiger partial charge in [0.25, 0.3) is 5.17 Å². The Morgan fingerprint density at radius 3 is 2.36 bits per heavy atom. The second-order valence-corrected chi connectivity index (χ2v) is 10.4. The van der Waals surface area contributed by atoms with Crippen molar-refractivity contribution < 1.29 is 28.6 Å². The fourth-order valence-corrected chi connectivity index (χ4v) is 5.09. The highest BCUT2D eigenvalue weighted by Gasteiger charge is 2.54. The summed E-state index contributed by atoms with van der Waals surface area (Å²) in [7, 11) is 0. The Balaban J connectivity index is 2.54. The number of alkyl carbamates (subject to hydrolysis) is 1. The number of aromatic nitrogens is 2. The Bertz CT molecular complexity index is 897. The third kappa shape index (κ3) is 7.91. The number of carbonyl (C=O) groups is 3. The standard InChI is InChI=1S/C25H40N4O6S/c1-8-16(9-2)20(27-15(4)30)19-18(28-23(32)35-25(5,6)7)13-17(22(31)33-10-3)21(19)34-24(36)29-12-11-26-14-29/h11-12,14,16-21H,8-10,13H2,1-7H3,(H,27,30)(H,28,32)/t17-,18+,19+,20-,21+/m0/s1. The molecule has 2 amide bonds. The van der Waals surface area contributed by atoms with E-state index < -0.39 is 47.7 Å². The number of nitrogens with zero attached hydrogens (tertiary/aromatic N) is 2. The van der Waals surface area contributed by atoms with E-state index in [2.05, 4.69) is 15.6 Å². The molecule has 0 spiro atoms. The maximum absolute atomic E-state index is 13.1. The summed E-state index contributed by atoms with van der Waals surface area (Å²) in [4.78, 5) is 42.2. The Kier molecular flexibility index (Phi) is 10.7. The zero-order valence-electron chi connectivity index (χ0n) is 22.3. The molecular weight excluding hydrogens is 484 g/mol. The number of ether oxygens (including phenoxy) is 3. The molecule has 0 aliphatic heterocycles. The Hall–Kier alpha value is -2.69. The quantitative estimate of drug-likeness (QED) is 0.372. The highest BCUT2D eigenvalue weighted by Crippen LogP contribution is 2.40. The molecule has 1 heterocycles. The molecule has 11 heteroatoms. The van der Waals surface area contributed by atoms with E-state index in [1.54, 1.807) is 40.1 Å². The molecule has 1 aliphatic rings. The number of hydrogen-bond donors (Lipinski definition) is 2. The highest BCUT2D eigenvalue weighted by atomic mass is 32.1. The molecule has 0 unspecified atom stereocenters. The van der Waals surface area contributed by atoms with Crippen molar-refractivity contribution in [3.63, 3.8) is 0 Å². The van der Waals surface area contributed by atoms with Gasteiger partial charge in [-0.2, -0.15) is 0 Å². The predicted octanol–water partition coefficient (Wildman–Crippen LogP) is 3.43. The minimum absolute atomic E-state index is 0.0655. The summed E-state index contributed by atoms with van der Waals surface area (Å²) in [5, 5.41) is 6.14. The first kappa shape index (κ1) is 29.5. The van der Waals surface area contributed by atoms with Crippen molar-refractivity contribution in [1.29, 1.82) is 0 Å². The summed E-state index contributed by atoms with van der Waals surface area (Å²) in [6, 6.07) is -0.935. The molecule has 202 valence electrons. The van der Waals surface area contributed by atoms with Crippen LogP contribution in [-0.2, 0) is 23.8 Å². The third-order valence-electron chi connectivity index (χ3n) is 6.33. The van der Waals surface area contributed by atoms with E-state index in [4.69, 9.17) is 26.4 Å². The van der Waals surface area contributed by atoms with Gasteiger partial charge in [-0.1, -0.05) is 26.7 Å². The van der Waals surface area contributed by atoms with Crippen LogP contribution in [0, 0.1) is 17.8 Å². The van der Waals surface area contributed by atoms with Crippen molar-refractivity contribution in [3.8, 4) is 0 Å². The lowest BCUT2D eigenvalue weighted by Crippen LogP contribution is -2.55. The van der Waals surface area contributed by atoms with Crippen LogP contribution in [0.4, 0.5) is 4.79 Å². The van der Waals surface area contributed by atoms with Gasteiger partial charge in [0, 0.05) is 37.3 Å². The zero-order chi connectivity index (χ0) is 27.0. The van der Waals surface area contributed by atoms with Gasteiger partial charge in [0.05, 0.1) is 12.5 Å².